The zero-order valence-corrected chi connectivity index (χ0v) is 20.7. The van der Waals surface area contributed by atoms with Crippen molar-refractivity contribution in [2.45, 2.75) is 53.2 Å². The maximum absolute atomic E-state index is 12.4. The molecule has 2 aromatic carbocycles. The van der Waals surface area contributed by atoms with Crippen molar-refractivity contribution < 1.29 is 14.6 Å². The third kappa shape index (κ3) is 5.35. The Balaban J connectivity index is 2.42. The van der Waals surface area contributed by atoms with E-state index in [9.17, 15) is 9.90 Å². The maximum Gasteiger partial charge on any atom is 0.337 e. The van der Waals surface area contributed by atoms with Crippen molar-refractivity contribution in [2.24, 2.45) is 0 Å². The van der Waals surface area contributed by atoms with Gasteiger partial charge in [0.25, 0.3) is 0 Å². The number of rotatable bonds is 6. The third-order valence-corrected chi connectivity index (χ3v) is 5.82. The van der Waals surface area contributed by atoms with Crippen molar-refractivity contribution in [3.05, 3.63) is 82.0 Å². The number of benzene rings is 2. The number of hydrogen-bond donors (Lipinski definition) is 1. The van der Waals surface area contributed by atoms with Gasteiger partial charge in [-0.2, -0.15) is 0 Å². The summed E-state index contributed by atoms with van der Waals surface area (Å²) in [6.07, 6.45) is 0.379. The summed E-state index contributed by atoms with van der Waals surface area (Å²) in [4.78, 5) is 17.3. The van der Waals surface area contributed by atoms with Gasteiger partial charge < -0.3 is 9.84 Å². The number of carboxylic acids is 1. The number of ether oxygens (including phenoxy) is 1. The average molecular weight is 464 g/mol. The molecule has 1 N–H and O–H groups in total. The summed E-state index contributed by atoms with van der Waals surface area (Å²) in [5.41, 5.74) is 6.85. The van der Waals surface area contributed by atoms with Gasteiger partial charge in [-0.1, -0.05) is 42.4 Å². The Bertz CT molecular complexity index is 1210. The molecule has 0 unspecified atom stereocenters. The van der Waals surface area contributed by atoms with Crippen molar-refractivity contribution in [3.63, 3.8) is 0 Å². The monoisotopic (exact) mass is 463 g/mol. The predicted molar refractivity (Wildman–Crippen MR) is 136 cm³/mol. The average Bonchev–Trinajstić information content (AvgIpc) is 2.74. The molecule has 0 aliphatic rings. The van der Waals surface area contributed by atoms with E-state index in [0.29, 0.717) is 16.3 Å². The van der Waals surface area contributed by atoms with Crippen molar-refractivity contribution in [2.75, 3.05) is 0 Å². The van der Waals surface area contributed by atoms with Crippen LogP contribution in [0.25, 0.3) is 28.5 Å². The third-order valence-electron chi connectivity index (χ3n) is 5.57. The van der Waals surface area contributed by atoms with E-state index in [0.717, 1.165) is 33.5 Å². The van der Waals surface area contributed by atoms with Gasteiger partial charge in [-0.3, -0.25) is 0 Å². The zero-order chi connectivity index (χ0) is 24.5. The van der Waals surface area contributed by atoms with Crippen molar-refractivity contribution in [3.8, 4) is 22.4 Å². The van der Waals surface area contributed by atoms with Crippen LogP contribution < -0.4 is 0 Å². The molecule has 0 aliphatic heterocycles. The molecule has 172 valence electrons. The number of carboxylic acid groups (broad SMARTS) is 1. The lowest BCUT2D eigenvalue weighted by Gasteiger charge is -2.29. The Morgan fingerprint density at radius 3 is 2.18 bits per heavy atom. The molecule has 1 heterocycles. The topological polar surface area (TPSA) is 59.4 Å². The summed E-state index contributed by atoms with van der Waals surface area (Å²) in [6, 6.07) is 13.6. The summed E-state index contributed by atoms with van der Waals surface area (Å²) < 4.78 is 6.04. The van der Waals surface area contributed by atoms with Crippen LogP contribution in [-0.4, -0.2) is 21.7 Å². The van der Waals surface area contributed by atoms with E-state index in [1.165, 1.54) is 5.56 Å². The van der Waals surface area contributed by atoms with Crippen molar-refractivity contribution in [1.82, 2.24) is 4.98 Å². The minimum absolute atomic E-state index is 0.482. The molecule has 0 amide bonds. The van der Waals surface area contributed by atoms with Crippen molar-refractivity contribution >= 4 is 23.6 Å². The molecule has 0 fully saturated rings. The van der Waals surface area contributed by atoms with Crippen LogP contribution in [-0.2, 0) is 9.53 Å². The highest BCUT2D eigenvalue weighted by Gasteiger charge is 2.33. The highest BCUT2D eigenvalue weighted by Crippen LogP contribution is 2.41. The van der Waals surface area contributed by atoms with E-state index in [1.54, 1.807) is 18.2 Å². The largest absolute Gasteiger partial charge is 0.479 e. The van der Waals surface area contributed by atoms with Crippen LogP contribution in [0, 0.1) is 20.8 Å². The molecule has 3 rings (SSSR count). The molecular formula is C28H30ClNO3. The molecule has 33 heavy (non-hydrogen) atoms. The molecule has 5 heteroatoms. The van der Waals surface area contributed by atoms with Gasteiger partial charge in [0.2, 0.25) is 0 Å². The normalized spacial score (nSPS) is 12.5. The Labute approximate surface area is 200 Å². The number of carbonyl (C=O) groups is 1. The summed E-state index contributed by atoms with van der Waals surface area (Å²) in [5, 5.41) is 10.8. The number of hydrogen-bond acceptors (Lipinski definition) is 3. The molecule has 0 aliphatic carbocycles. The quantitative estimate of drug-likeness (QED) is 0.409. The van der Waals surface area contributed by atoms with Crippen LogP contribution in [0.5, 0.6) is 0 Å². The highest BCUT2D eigenvalue weighted by molar-refractivity contribution is 6.30. The first-order valence-corrected chi connectivity index (χ1v) is 11.2. The van der Waals surface area contributed by atoms with Crippen LogP contribution in [0.15, 0.2) is 49.0 Å². The standard InChI is InChI=1S/C28H30ClNO3/c1-8-22-24(26(27(31)32)33-28(5,6)7)23(19-11-13-21(29)14-12-19)18(4)25(30-22)20-10-9-16(2)17(3)15-20/h8-15,26H,1H2,2-7H3,(H,31,32)/t26-/m0/s1. The van der Waals surface area contributed by atoms with Crippen LogP contribution in [0.2, 0.25) is 5.02 Å². The molecule has 3 aromatic rings. The molecule has 0 radical (unpaired) electrons. The van der Waals surface area contributed by atoms with Crippen LogP contribution >= 0.6 is 11.6 Å². The number of aromatic nitrogens is 1. The van der Waals surface area contributed by atoms with E-state index in [4.69, 9.17) is 21.3 Å². The Morgan fingerprint density at radius 1 is 1.06 bits per heavy atom. The fraction of sp³-hybridized carbons (Fsp3) is 0.286. The maximum atomic E-state index is 12.4. The van der Waals surface area contributed by atoms with Gasteiger partial charge in [-0.05, 0) is 93.6 Å². The van der Waals surface area contributed by atoms with Gasteiger partial charge in [-0.15, -0.1) is 0 Å². The number of aryl methyl sites for hydroxylation is 2. The number of halogens is 1. The van der Waals surface area contributed by atoms with E-state index in [1.807, 2.05) is 45.9 Å². The van der Waals surface area contributed by atoms with Gasteiger partial charge in [0.1, 0.15) is 0 Å². The number of nitrogens with zero attached hydrogens (tertiary/aromatic N) is 1. The van der Waals surface area contributed by atoms with Gasteiger partial charge in [0.15, 0.2) is 6.10 Å². The highest BCUT2D eigenvalue weighted by atomic mass is 35.5. The van der Waals surface area contributed by atoms with Crippen LogP contribution in [0.4, 0.5) is 0 Å². The van der Waals surface area contributed by atoms with E-state index in [-0.39, 0.29) is 0 Å². The lowest BCUT2D eigenvalue weighted by atomic mass is 9.88. The molecule has 1 atom stereocenters. The first-order valence-electron chi connectivity index (χ1n) is 10.8. The SMILES string of the molecule is C=Cc1nc(-c2ccc(C)c(C)c2)c(C)c(-c2ccc(Cl)cc2)c1[C@H](OC(C)(C)C)C(=O)O. The van der Waals surface area contributed by atoms with Gasteiger partial charge in [0, 0.05) is 16.1 Å². The van der Waals surface area contributed by atoms with Gasteiger partial charge >= 0.3 is 5.97 Å². The smallest absolute Gasteiger partial charge is 0.337 e. The Hall–Kier alpha value is -2.95. The lowest BCUT2D eigenvalue weighted by Crippen LogP contribution is -2.28. The van der Waals surface area contributed by atoms with Crippen LogP contribution in [0.3, 0.4) is 0 Å². The molecule has 0 bridgehead atoms. The number of pyridine rings is 1. The minimum atomic E-state index is -1.22. The molecule has 1 aromatic heterocycles. The zero-order valence-electron chi connectivity index (χ0n) is 20.0. The van der Waals surface area contributed by atoms with E-state index in [2.05, 4.69) is 32.6 Å². The summed E-state index contributed by atoms with van der Waals surface area (Å²) in [7, 11) is 0. The fourth-order valence-corrected chi connectivity index (χ4v) is 4.00. The molecule has 0 spiro atoms. The number of aliphatic carboxylic acids is 1. The van der Waals surface area contributed by atoms with Crippen LogP contribution in [0.1, 0.15) is 54.8 Å². The van der Waals surface area contributed by atoms with E-state index >= 15 is 0 Å². The van der Waals surface area contributed by atoms with Crippen molar-refractivity contribution in [1.29, 1.82) is 0 Å². The Kier molecular flexibility index (Phi) is 7.11. The second-order valence-electron chi connectivity index (χ2n) is 9.22. The molecule has 0 saturated carbocycles. The lowest BCUT2D eigenvalue weighted by molar-refractivity contribution is -0.160. The Morgan fingerprint density at radius 2 is 1.67 bits per heavy atom. The van der Waals surface area contributed by atoms with Gasteiger partial charge in [0.05, 0.1) is 17.0 Å². The second kappa shape index (κ2) is 9.50. The molecule has 4 nitrogen and oxygen atoms in total. The molecule has 0 saturated heterocycles. The first kappa shape index (κ1) is 24.7. The van der Waals surface area contributed by atoms with Gasteiger partial charge in [-0.25, -0.2) is 9.78 Å². The predicted octanol–water partition coefficient (Wildman–Crippen LogP) is 7.58. The second-order valence-corrected chi connectivity index (χ2v) is 9.65. The van der Waals surface area contributed by atoms with E-state index < -0.39 is 17.7 Å². The minimum Gasteiger partial charge on any atom is -0.479 e. The summed E-state index contributed by atoms with van der Waals surface area (Å²) in [5.74, 6) is -1.08. The summed E-state index contributed by atoms with van der Waals surface area (Å²) >= 11 is 6.15. The summed E-state index contributed by atoms with van der Waals surface area (Å²) in [6.45, 7) is 15.5. The fourth-order valence-electron chi connectivity index (χ4n) is 3.88. The first-order chi connectivity index (χ1) is 15.4. The molecular weight excluding hydrogens is 434 g/mol.